The summed E-state index contributed by atoms with van der Waals surface area (Å²) in [6.45, 7) is 3.97. The Kier molecular flexibility index (Phi) is 4.14. The molecule has 3 aromatic rings. The topological polar surface area (TPSA) is 50.4 Å². The van der Waals surface area contributed by atoms with Crippen LogP contribution in [0.1, 0.15) is 18.0 Å². The van der Waals surface area contributed by atoms with Crippen LogP contribution in [0.3, 0.4) is 0 Å². The van der Waals surface area contributed by atoms with Gasteiger partial charge in [0.1, 0.15) is 0 Å². The lowest BCUT2D eigenvalue weighted by Crippen LogP contribution is -2.49. The molecule has 140 valence electrons. The normalized spacial score (nSPS) is 23.3. The molecule has 1 saturated heterocycles. The van der Waals surface area contributed by atoms with Crippen LogP contribution in [-0.2, 0) is 13.1 Å². The standard InChI is InChI=1S/C22H25N3O2/c26-19(15-24-9-8-17-4-1-2-5-20(17)24)14-23-11-16-10-18(13-23)21-6-3-7-22(27)25(21)12-16/h1-9,16,18-19,26H,10-15H2/t16-,18+,19?/m0/s1. The molecule has 1 N–H and O–H groups in total. The number of benzene rings is 1. The molecule has 2 aliphatic rings. The number of aliphatic hydroxyl groups is 1. The molecule has 1 aromatic carbocycles. The van der Waals surface area contributed by atoms with Gasteiger partial charge >= 0.3 is 0 Å². The highest BCUT2D eigenvalue weighted by Gasteiger charge is 2.34. The van der Waals surface area contributed by atoms with Crippen LogP contribution in [0.25, 0.3) is 10.9 Å². The Morgan fingerprint density at radius 2 is 1.89 bits per heavy atom. The third kappa shape index (κ3) is 3.11. The molecule has 3 atom stereocenters. The molecular weight excluding hydrogens is 338 g/mol. The van der Waals surface area contributed by atoms with Gasteiger partial charge in [0.2, 0.25) is 0 Å². The maximum atomic E-state index is 12.1. The number of aromatic nitrogens is 2. The fourth-order valence-electron chi connectivity index (χ4n) is 5.03. The van der Waals surface area contributed by atoms with Crippen molar-refractivity contribution in [3.63, 3.8) is 0 Å². The molecule has 0 spiro atoms. The molecule has 2 bridgehead atoms. The number of hydrogen-bond acceptors (Lipinski definition) is 3. The summed E-state index contributed by atoms with van der Waals surface area (Å²) >= 11 is 0. The molecule has 4 heterocycles. The zero-order chi connectivity index (χ0) is 18.4. The number of pyridine rings is 1. The molecule has 0 saturated carbocycles. The average Bonchev–Trinajstić information content (AvgIpc) is 3.05. The first-order valence-electron chi connectivity index (χ1n) is 9.81. The van der Waals surface area contributed by atoms with Gasteiger partial charge in [0.05, 0.1) is 6.10 Å². The molecule has 27 heavy (non-hydrogen) atoms. The lowest BCUT2D eigenvalue weighted by molar-refractivity contribution is 0.0553. The van der Waals surface area contributed by atoms with E-state index in [2.05, 4.69) is 39.9 Å². The smallest absolute Gasteiger partial charge is 0.250 e. The van der Waals surface area contributed by atoms with Gasteiger partial charge < -0.3 is 14.2 Å². The highest BCUT2D eigenvalue weighted by atomic mass is 16.3. The van der Waals surface area contributed by atoms with Crippen molar-refractivity contribution >= 4 is 10.9 Å². The van der Waals surface area contributed by atoms with Gasteiger partial charge in [0.15, 0.2) is 0 Å². The Hall–Kier alpha value is -2.37. The maximum absolute atomic E-state index is 12.1. The molecule has 5 rings (SSSR count). The summed E-state index contributed by atoms with van der Waals surface area (Å²) in [5, 5.41) is 11.9. The first-order valence-corrected chi connectivity index (χ1v) is 9.81. The Morgan fingerprint density at radius 3 is 2.81 bits per heavy atom. The lowest BCUT2D eigenvalue weighted by atomic mass is 9.83. The summed E-state index contributed by atoms with van der Waals surface area (Å²) in [5.74, 6) is 0.891. The van der Waals surface area contributed by atoms with Gasteiger partial charge in [-0.1, -0.05) is 24.3 Å². The quantitative estimate of drug-likeness (QED) is 0.774. The number of likely N-dealkylation sites (tertiary alicyclic amines) is 1. The van der Waals surface area contributed by atoms with Crippen molar-refractivity contribution in [2.45, 2.75) is 31.5 Å². The Bertz CT molecular complexity index is 1020. The van der Waals surface area contributed by atoms with E-state index in [1.807, 2.05) is 22.8 Å². The number of fused-ring (bicyclic) bond motifs is 5. The Morgan fingerprint density at radius 1 is 1.00 bits per heavy atom. The van der Waals surface area contributed by atoms with Crippen molar-refractivity contribution in [3.05, 3.63) is 70.8 Å². The summed E-state index contributed by atoms with van der Waals surface area (Å²) in [6, 6.07) is 16.0. The number of rotatable bonds is 4. The predicted octanol–water partition coefficient (Wildman–Crippen LogP) is 2.28. The minimum absolute atomic E-state index is 0.121. The molecule has 2 aliphatic heterocycles. The van der Waals surface area contributed by atoms with Crippen LogP contribution in [0.4, 0.5) is 0 Å². The van der Waals surface area contributed by atoms with Gasteiger partial charge in [-0.3, -0.25) is 9.69 Å². The second-order valence-electron chi connectivity index (χ2n) is 8.10. The van der Waals surface area contributed by atoms with Crippen LogP contribution >= 0.6 is 0 Å². The minimum atomic E-state index is -0.405. The van der Waals surface area contributed by atoms with Crippen molar-refractivity contribution in [1.29, 1.82) is 0 Å². The summed E-state index contributed by atoms with van der Waals surface area (Å²) < 4.78 is 4.10. The van der Waals surface area contributed by atoms with Crippen molar-refractivity contribution in [1.82, 2.24) is 14.0 Å². The highest BCUT2D eigenvalue weighted by Crippen LogP contribution is 2.34. The lowest BCUT2D eigenvalue weighted by Gasteiger charge is -2.43. The van der Waals surface area contributed by atoms with E-state index in [4.69, 9.17) is 0 Å². The van der Waals surface area contributed by atoms with E-state index in [-0.39, 0.29) is 5.56 Å². The zero-order valence-electron chi connectivity index (χ0n) is 15.4. The minimum Gasteiger partial charge on any atom is -0.390 e. The highest BCUT2D eigenvalue weighted by molar-refractivity contribution is 5.79. The molecule has 0 aliphatic carbocycles. The molecule has 5 heteroatoms. The predicted molar refractivity (Wildman–Crippen MR) is 106 cm³/mol. The molecule has 2 aromatic heterocycles. The second-order valence-corrected chi connectivity index (χ2v) is 8.10. The average molecular weight is 363 g/mol. The van der Waals surface area contributed by atoms with E-state index < -0.39 is 6.10 Å². The second kappa shape index (κ2) is 6.66. The molecule has 0 amide bonds. The number of β-amino-alcohol motifs (C(OH)–C–C–N with tert-alkyl or cyclic N) is 1. The van der Waals surface area contributed by atoms with Crippen LogP contribution in [-0.4, -0.2) is 44.9 Å². The number of aliphatic hydroxyl groups excluding tert-OH is 1. The van der Waals surface area contributed by atoms with E-state index in [9.17, 15) is 9.90 Å². The molecule has 1 unspecified atom stereocenters. The van der Waals surface area contributed by atoms with E-state index in [0.29, 0.717) is 24.9 Å². The van der Waals surface area contributed by atoms with Crippen molar-refractivity contribution in [3.8, 4) is 0 Å². The number of hydrogen-bond donors (Lipinski definition) is 1. The molecular formula is C22H25N3O2. The van der Waals surface area contributed by atoms with Crippen LogP contribution in [0.15, 0.2) is 59.5 Å². The SMILES string of the molecule is O=c1cccc2n1C[C@H]1C[C@@H]2CN(CC(O)Cn2ccc3ccccc32)C1. The van der Waals surface area contributed by atoms with Crippen molar-refractivity contribution in [2.24, 2.45) is 5.92 Å². The van der Waals surface area contributed by atoms with E-state index in [1.54, 1.807) is 6.07 Å². The fraction of sp³-hybridized carbons (Fsp3) is 0.409. The largest absolute Gasteiger partial charge is 0.390 e. The van der Waals surface area contributed by atoms with Crippen LogP contribution in [0, 0.1) is 5.92 Å². The fourth-order valence-corrected chi connectivity index (χ4v) is 5.03. The van der Waals surface area contributed by atoms with Crippen LogP contribution in [0.5, 0.6) is 0 Å². The van der Waals surface area contributed by atoms with Crippen molar-refractivity contribution < 1.29 is 5.11 Å². The summed E-state index contributed by atoms with van der Waals surface area (Å²) in [6.07, 6.45) is 2.80. The van der Waals surface area contributed by atoms with Gasteiger partial charge in [-0.15, -0.1) is 0 Å². The summed E-state index contributed by atoms with van der Waals surface area (Å²) in [5.41, 5.74) is 2.45. The Balaban J connectivity index is 1.29. The van der Waals surface area contributed by atoms with Gasteiger partial charge in [0, 0.05) is 62.1 Å². The first kappa shape index (κ1) is 16.8. The van der Waals surface area contributed by atoms with Gasteiger partial charge in [-0.05, 0) is 35.9 Å². The van der Waals surface area contributed by atoms with E-state index in [1.165, 1.54) is 10.9 Å². The monoisotopic (exact) mass is 363 g/mol. The molecule has 1 fully saturated rings. The van der Waals surface area contributed by atoms with Crippen LogP contribution in [0.2, 0.25) is 0 Å². The molecule has 0 radical (unpaired) electrons. The summed E-state index contributed by atoms with van der Waals surface area (Å²) in [4.78, 5) is 14.5. The number of nitrogens with zero attached hydrogens (tertiary/aromatic N) is 3. The summed E-state index contributed by atoms with van der Waals surface area (Å²) in [7, 11) is 0. The van der Waals surface area contributed by atoms with E-state index in [0.717, 1.165) is 31.7 Å². The van der Waals surface area contributed by atoms with E-state index >= 15 is 0 Å². The third-order valence-electron chi connectivity index (χ3n) is 6.11. The molecule has 5 nitrogen and oxygen atoms in total. The van der Waals surface area contributed by atoms with Gasteiger partial charge in [-0.2, -0.15) is 0 Å². The third-order valence-corrected chi connectivity index (χ3v) is 6.11. The van der Waals surface area contributed by atoms with Gasteiger partial charge in [0.25, 0.3) is 5.56 Å². The van der Waals surface area contributed by atoms with Crippen LogP contribution < -0.4 is 5.56 Å². The zero-order valence-corrected chi connectivity index (χ0v) is 15.4. The number of piperidine rings is 1. The Labute approximate surface area is 158 Å². The number of para-hydroxylation sites is 1. The van der Waals surface area contributed by atoms with Gasteiger partial charge in [-0.25, -0.2) is 0 Å². The first-order chi connectivity index (χ1) is 13.2. The maximum Gasteiger partial charge on any atom is 0.250 e. The van der Waals surface area contributed by atoms with Crippen molar-refractivity contribution in [2.75, 3.05) is 19.6 Å².